The summed E-state index contributed by atoms with van der Waals surface area (Å²) in [4.78, 5) is 26.2. The van der Waals surface area contributed by atoms with E-state index in [4.69, 9.17) is 9.15 Å². The third-order valence-corrected chi connectivity index (χ3v) is 5.90. The van der Waals surface area contributed by atoms with E-state index in [-0.39, 0.29) is 36.0 Å². The van der Waals surface area contributed by atoms with Gasteiger partial charge in [-0.05, 0) is 49.9 Å². The third kappa shape index (κ3) is 4.18. The highest BCUT2D eigenvalue weighted by atomic mass is 35.5. The molecule has 1 unspecified atom stereocenters. The monoisotopic (exact) mass is 406 g/mol. The number of aryl methyl sites for hydroxylation is 1. The highest BCUT2D eigenvalue weighted by Crippen LogP contribution is 2.36. The number of hydrogen-bond donors (Lipinski definition) is 1. The summed E-state index contributed by atoms with van der Waals surface area (Å²) in [6.07, 6.45) is 4.19. The third-order valence-electron chi connectivity index (χ3n) is 5.90. The number of ether oxygens (including phenoxy) is 1. The van der Waals surface area contributed by atoms with Crippen LogP contribution in [0, 0.1) is 5.41 Å². The van der Waals surface area contributed by atoms with Gasteiger partial charge in [0.15, 0.2) is 6.61 Å². The SMILES string of the molecule is CCc1cc(=O)oc2cc(OCC(=O)N3CCC4(CCCNC4)C3)ccc12.Cl. The van der Waals surface area contributed by atoms with Crippen molar-refractivity contribution in [2.24, 2.45) is 5.41 Å². The van der Waals surface area contributed by atoms with Crippen LogP contribution >= 0.6 is 12.4 Å². The van der Waals surface area contributed by atoms with Crippen molar-refractivity contribution < 1.29 is 13.9 Å². The van der Waals surface area contributed by atoms with Gasteiger partial charge in [0.1, 0.15) is 11.3 Å². The minimum Gasteiger partial charge on any atom is -0.484 e. The largest absolute Gasteiger partial charge is 0.484 e. The fraction of sp³-hybridized carbons (Fsp3) is 0.524. The first-order valence-corrected chi connectivity index (χ1v) is 9.77. The number of amides is 1. The van der Waals surface area contributed by atoms with Crippen LogP contribution in [0.2, 0.25) is 0 Å². The van der Waals surface area contributed by atoms with Crippen molar-refractivity contribution in [3.05, 3.63) is 40.2 Å². The number of fused-ring (bicyclic) bond motifs is 1. The summed E-state index contributed by atoms with van der Waals surface area (Å²) in [5.41, 5.74) is 1.33. The topological polar surface area (TPSA) is 71.8 Å². The van der Waals surface area contributed by atoms with Crippen LogP contribution in [0.3, 0.4) is 0 Å². The van der Waals surface area contributed by atoms with E-state index in [2.05, 4.69) is 5.32 Å². The first-order valence-electron chi connectivity index (χ1n) is 9.77. The van der Waals surface area contributed by atoms with Crippen LogP contribution in [0.5, 0.6) is 5.75 Å². The Balaban J connectivity index is 0.00000225. The van der Waals surface area contributed by atoms with E-state index in [0.29, 0.717) is 11.3 Å². The standard InChI is InChI=1S/C21H26N2O4.ClH/c1-2-15-10-20(25)27-18-11-16(4-5-17(15)18)26-12-19(24)23-9-7-21(14-23)6-3-8-22-13-21;/h4-5,10-11,22H,2-3,6-9,12-14H2,1H3;1H. The van der Waals surface area contributed by atoms with E-state index in [1.807, 2.05) is 24.0 Å². The minimum atomic E-state index is -0.365. The molecule has 1 atom stereocenters. The van der Waals surface area contributed by atoms with Crippen LogP contribution < -0.4 is 15.7 Å². The predicted molar refractivity (Wildman–Crippen MR) is 110 cm³/mol. The first-order chi connectivity index (χ1) is 13.1. The molecule has 1 aromatic heterocycles. The van der Waals surface area contributed by atoms with Gasteiger partial charge in [-0.15, -0.1) is 12.4 Å². The van der Waals surface area contributed by atoms with E-state index in [9.17, 15) is 9.59 Å². The Morgan fingerprint density at radius 3 is 2.93 bits per heavy atom. The number of carbonyl (C=O) groups excluding carboxylic acids is 1. The Morgan fingerprint density at radius 1 is 1.32 bits per heavy atom. The van der Waals surface area contributed by atoms with Crippen molar-refractivity contribution in [1.29, 1.82) is 0 Å². The van der Waals surface area contributed by atoms with E-state index >= 15 is 0 Å². The van der Waals surface area contributed by atoms with Crippen molar-refractivity contribution in [2.75, 3.05) is 32.8 Å². The van der Waals surface area contributed by atoms with E-state index in [0.717, 1.165) is 50.0 Å². The summed E-state index contributed by atoms with van der Waals surface area (Å²) in [6.45, 7) is 5.71. The second kappa shape index (κ2) is 8.53. The molecule has 28 heavy (non-hydrogen) atoms. The molecule has 152 valence electrons. The zero-order valence-electron chi connectivity index (χ0n) is 16.2. The Bertz CT molecular complexity index is 905. The van der Waals surface area contributed by atoms with Crippen LogP contribution in [0.4, 0.5) is 0 Å². The number of nitrogens with zero attached hydrogens (tertiary/aromatic N) is 1. The second-order valence-corrected chi connectivity index (χ2v) is 7.74. The molecule has 0 bridgehead atoms. The van der Waals surface area contributed by atoms with E-state index < -0.39 is 0 Å². The highest BCUT2D eigenvalue weighted by Gasteiger charge is 2.40. The normalized spacial score (nSPS) is 21.7. The number of carbonyl (C=O) groups is 1. The summed E-state index contributed by atoms with van der Waals surface area (Å²) in [6, 6.07) is 6.93. The Labute approximate surface area is 170 Å². The van der Waals surface area contributed by atoms with Crippen molar-refractivity contribution in [1.82, 2.24) is 10.2 Å². The molecule has 7 heteroatoms. The summed E-state index contributed by atoms with van der Waals surface area (Å²) >= 11 is 0. The molecule has 6 nitrogen and oxygen atoms in total. The zero-order valence-corrected chi connectivity index (χ0v) is 17.0. The molecule has 0 saturated carbocycles. The average Bonchev–Trinajstić information content (AvgIpc) is 3.09. The molecule has 2 saturated heterocycles. The molecular formula is C21H27ClN2O4. The Morgan fingerprint density at radius 2 is 2.18 bits per heavy atom. The molecule has 1 aromatic carbocycles. The van der Waals surface area contributed by atoms with E-state index in [1.54, 1.807) is 6.07 Å². The molecule has 2 fully saturated rings. The second-order valence-electron chi connectivity index (χ2n) is 7.74. The Kier molecular flexibility index (Phi) is 6.30. The molecule has 1 amide bonds. The molecular weight excluding hydrogens is 380 g/mol. The van der Waals surface area contributed by atoms with Gasteiger partial charge in [-0.3, -0.25) is 4.79 Å². The quantitative estimate of drug-likeness (QED) is 0.790. The van der Waals surface area contributed by atoms with Gasteiger partial charge in [0.05, 0.1) is 0 Å². The van der Waals surface area contributed by atoms with Crippen molar-refractivity contribution in [3.63, 3.8) is 0 Å². The zero-order chi connectivity index (χ0) is 18.9. The molecule has 0 aliphatic carbocycles. The lowest BCUT2D eigenvalue weighted by atomic mass is 9.80. The number of piperidine rings is 1. The smallest absolute Gasteiger partial charge is 0.336 e. The average molecular weight is 407 g/mol. The van der Waals surface area contributed by atoms with Crippen LogP contribution in [-0.2, 0) is 11.2 Å². The van der Waals surface area contributed by atoms with Gasteiger partial charge in [-0.2, -0.15) is 0 Å². The van der Waals surface area contributed by atoms with E-state index in [1.165, 1.54) is 18.9 Å². The summed E-state index contributed by atoms with van der Waals surface area (Å²) in [5.74, 6) is 0.557. The van der Waals surface area contributed by atoms with Crippen LogP contribution in [-0.4, -0.2) is 43.6 Å². The fourth-order valence-electron chi connectivity index (χ4n) is 4.36. The molecule has 3 heterocycles. The summed E-state index contributed by atoms with van der Waals surface area (Å²) < 4.78 is 11.0. The lowest BCUT2D eigenvalue weighted by Gasteiger charge is -2.33. The van der Waals surface area contributed by atoms with Crippen LogP contribution in [0.15, 0.2) is 33.5 Å². The van der Waals surface area contributed by atoms with Crippen molar-refractivity contribution >= 4 is 29.3 Å². The molecule has 2 aliphatic heterocycles. The number of halogens is 1. The summed E-state index contributed by atoms with van der Waals surface area (Å²) in [5, 5.41) is 4.37. The lowest BCUT2D eigenvalue weighted by Crippen LogP contribution is -2.43. The number of hydrogen-bond acceptors (Lipinski definition) is 5. The number of nitrogens with one attached hydrogen (secondary N) is 1. The van der Waals surface area contributed by atoms with Crippen LogP contribution in [0.1, 0.15) is 31.7 Å². The lowest BCUT2D eigenvalue weighted by molar-refractivity contribution is -0.132. The number of likely N-dealkylation sites (tertiary alicyclic amines) is 1. The fourth-order valence-corrected chi connectivity index (χ4v) is 4.36. The Hall–Kier alpha value is -2.05. The maximum Gasteiger partial charge on any atom is 0.336 e. The van der Waals surface area contributed by atoms with Gasteiger partial charge < -0.3 is 19.4 Å². The van der Waals surface area contributed by atoms with Gasteiger partial charge in [0.2, 0.25) is 0 Å². The van der Waals surface area contributed by atoms with Gasteiger partial charge >= 0.3 is 5.63 Å². The molecule has 1 N–H and O–H groups in total. The van der Waals surface area contributed by atoms with Gasteiger partial charge in [-0.1, -0.05) is 6.92 Å². The van der Waals surface area contributed by atoms with Crippen molar-refractivity contribution in [2.45, 2.75) is 32.6 Å². The maximum absolute atomic E-state index is 12.6. The maximum atomic E-state index is 12.6. The highest BCUT2D eigenvalue weighted by molar-refractivity contribution is 5.85. The van der Waals surface area contributed by atoms with Crippen molar-refractivity contribution in [3.8, 4) is 5.75 Å². The van der Waals surface area contributed by atoms with Gasteiger partial charge in [0.25, 0.3) is 5.91 Å². The van der Waals surface area contributed by atoms with Gasteiger partial charge in [0, 0.05) is 42.6 Å². The van der Waals surface area contributed by atoms with Crippen LogP contribution in [0.25, 0.3) is 11.0 Å². The predicted octanol–water partition coefficient (Wildman–Crippen LogP) is 2.76. The molecule has 0 radical (unpaired) electrons. The summed E-state index contributed by atoms with van der Waals surface area (Å²) in [7, 11) is 0. The number of rotatable bonds is 4. The minimum absolute atomic E-state index is 0. The molecule has 4 rings (SSSR count). The molecule has 2 aromatic rings. The number of benzene rings is 1. The first kappa shape index (κ1) is 20.7. The van der Waals surface area contributed by atoms with Gasteiger partial charge in [-0.25, -0.2) is 4.79 Å². The molecule has 2 aliphatic rings. The molecule has 1 spiro atoms.